The SMILES string of the molecule is N#Cc1nc(OC(F)(F)F)c(N)cc1F. The van der Waals surface area contributed by atoms with E-state index in [-0.39, 0.29) is 0 Å². The van der Waals surface area contributed by atoms with Crippen LogP contribution in [0, 0.1) is 17.1 Å². The molecule has 0 atom stereocenters. The fourth-order valence-electron chi connectivity index (χ4n) is 0.756. The second-order valence-electron chi connectivity index (χ2n) is 2.37. The Labute approximate surface area is 80.9 Å². The maximum Gasteiger partial charge on any atom is 0.574 e. The average Bonchev–Trinajstić information content (AvgIpc) is 2.07. The Bertz CT molecular complexity index is 423. The van der Waals surface area contributed by atoms with Crippen LogP contribution in [0.5, 0.6) is 5.88 Å². The molecule has 0 amide bonds. The number of rotatable bonds is 1. The standard InChI is InChI=1S/C7H3F4N3O/c8-3-1-4(13)6(14-5(3)2-12)15-7(9,10)11/h1H,13H2. The van der Waals surface area contributed by atoms with E-state index >= 15 is 0 Å². The summed E-state index contributed by atoms with van der Waals surface area (Å²) in [4.78, 5) is 2.97. The summed E-state index contributed by atoms with van der Waals surface area (Å²) in [6.07, 6.45) is -4.99. The lowest BCUT2D eigenvalue weighted by Crippen LogP contribution is -2.19. The Kier molecular flexibility index (Phi) is 2.65. The number of halogens is 4. The quantitative estimate of drug-likeness (QED) is 0.730. The minimum absolute atomic E-state index is 0.534. The lowest BCUT2D eigenvalue weighted by atomic mass is 10.3. The van der Waals surface area contributed by atoms with Gasteiger partial charge in [0.15, 0.2) is 11.5 Å². The zero-order valence-corrected chi connectivity index (χ0v) is 6.97. The van der Waals surface area contributed by atoms with E-state index in [0.29, 0.717) is 6.07 Å². The Balaban J connectivity index is 3.15. The van der Waals surface area contributed by atoms with Crippen LogP contribution in [0.2, 0.25) is 0 Å². The van der Waals surface area contributed by atoms with Gasteiger partial charge < -0.3 is 10.5 Å². The van der Waals surface area contributed by atoms with E-state index in [1.807, 2.05) is 0 Å². The van der Waals surface area contributed by atoms with E-state index in [0.717, 1.165) is 0 Å². The first-order valence-corrected chi connectivity index (χ1v) is 3.45. The topological polar surface area (TPSA) is 71.9 Å². The summed E-state index contributed by atoms with van der Waals surface area (Å²) in [7, 11) is 0. The van der Waals surface area contributed by atoms with Gasteiger partial charge in [0.25, 0.3) is 0 Å². The minimum atomic E-state index is -4.99. The molecule has 8 heteroatoms. The molecule has 0 aromatic carbocycles. The molecule has 80 valence electrons. The van der Waals surface area contributed by atoms with Gasteiger partial charge in [-0.15, -0.1) is 13.2 Å². The summed E-state index contributed by atoms with van der Waals surface area (Å²) < 4.78 is 51.4. The lowest BCUT2D eigenvalue weighted by molar-refractivity contribution is -0.275. The molecule has 0 fully saturated rings. The highest BCUT2D eigenvalue weighted by Gasteiger charge is 2.33. The number of hydrogen-bond donors (Lipinski definition) is 1. The van der Waals surface area contributed by atoms with Gasteiger partial charge in [-0.2, -0.15) is 10.2 Å². The molecule has 0 aliphatic heterocycles. The van der Waals surface area contributed by atoms with Gasteiger partial charge in [0.05, 0.1) is 5.69 Å². The van der Waals surface area contributed by atoms with Crippen LogP contribution in [-0.4, -0.2) is 11.3 Å². The van der Waals surface area contributed by atoms with Gasteiger partial charge in [-0.05, 0) is 0 Å². The molecule has 0 saturated heterocycles. The molecule has 0 spiro atoms. The number of pyridine rings is 1. The molecule has 1 rings (SSSR count). The lowest BCUT2D eigenvalue weighted by Gasteiger charge is -2.09. The molecular weight excluding hydrogens is 218 g/mol. The minimum Gasteiger partial charge on any atom is -0.394 e. The highest BCUT2D eigenvalue weighted by atomic mass is 19.4. The fraction of sp³-hybridized carbons (Fsp3) is 0.143. The predicted octanol–water partition coefficient (Wildman–Crippen LogP) is 1.57. The van der Waals surface area contributed by atoms with Gasteiger partial charge in [0.2, 0.25) is 5.88 Å². The van der Waals surface area contributed by atoms with Crippen LogP contribution >= 0.6 is 0 Å². The Hall–Kier alpha value is -2.04. The van der Waals surface area contributed by atoms with E-state index in [1.165, 1.54) is 6.07 Å². The number of hydrogen-bond acceptors (Lipinski definition) is 4. The van der Waals surface area contributed by atoms with Crippen molar-refractivity contribution in [1.29, 1.82) is 5.26 Å². The Morgan fingerprint density at radius 2 is 2.07 bits per heavy atom. The van der Waals surface area contributed by atoms with Crippen LogP contribution in [-0.2, 0) is 0 Å². The summed E-state index contributed by atoms with van der Waals surface area (Å²) in [5, 5.41) is 8.30. The summed E-state index contributed by atoms with van der Waals surface area (Å²) in [6.45, 7) is 0. The summed E-state index contributed by atoms with van der Waals surface area (Å²) in [5.41, 5.74) is 3.56. The van der Waals surface area contributed by atoms with E-state index in [1.54, 1.807) is 0 Å². The van der Waals surface area contributed by atoms with E-state index in [2.05, 4.69) is 9.72 Å². The van der Waals surface area contributed by atoms with Gasteiger partial charge >= 0.3 is 6.36 Å². The highest BCUT2D eigenvalue weighted by molar-refractivity contribution is 5.50. The third kappa shape index (κ3) is 2.70. The second-order valence-corrected chi connectivity index (χ2v) is 2.37. The van der Waals surface area contributed by atoms with Crippen LogP contribution in [0.15, 0.2) is 6.07 Å². The molecule has 0 bridgehead atoms. The first-order valence-electron chi connectivity index (χ1n) is 3.45. The molecular formula is C7H3F4N3O. The first kappa shape index (κ1) is 11.0. The van der Waals surface area contributed by atoms with Gasteiger partial charge in [0, 0.05) is 6.07 Å². The Morgan fingerprint density at radius 3 is 2.53 bits per heavy atom. The van der Waals surface area contributed by atoms with Crippen molar-refractivity contribution in [2.24, 2.45) is 0 Å². The molecule has 4 nitrogen and oxygen atoms in total. The number of ether oxygens (including phenoxy) is 1. The molecule has 2 N–H and O–H groups in total. The van der Waals surface area contributed by atoms with Crippen molar-refractivity contribution in [3.05, 3.63) is 17.6 Å². The van der Waals surface area contributed by atoms with Crippen LogP contribution in [0.4, 0.5) is 23.2 Å². The smallest absolute Gasteiger partial charge is 0.394 e. The summed E-state index contributed by atoms with van der Waals surface area (Å²) in [5.74, 6) is -2.15. The van der Waals surface area contributed by atoms with Gasteiger partial charge in [-0.1, -0.05) is 0 Å². The number of nitrogens with two attached hydrogens (primary N) is 1. The van der Waals surface area contributed by atoms with Gasteiger partial charge in [-0.3, -0.25) is 0 Å². The molecule has 1 heterocycles. The van der Waals surface area contributed by atoms with Crippen molar-refractivity contribution in [1.82, 2.24) is 4.98 Å². The molecule has 1 aromatic rings. The third-order valence-corrected chi connectivity index (χ3v) is 1.29. The largest absolute Gasteiger partial charge is 0.574 e. The maximum atomic E-state index is 12.8. The molecule has 0 aliphatic carbocycles. The molecule has 0 unspecified atom stereocenters. The van der Waals surface area contributed by atoms with Crippen molar-refractivity contribution in [2.45, 2.75) is 6.36 Å². The number of aromatic nitrogens is 1. The van der Waals surface area contributed by atoms with Gasteiger partial charge in [-0.25, -0.2) is 4.39 Å². The van der Waals surface area contributed by atoms with Crippen molar-refractivity contribution < 1.29 is 22.3 Å². The van der Waals surface area contributed by atoms with Crippen molar-refractivity contribution >= 4 is 5.69 Å². The predicted molar refractivity (Wildman–Crippen MR) is 40.0 cm³/mol. The number of nitrogens with zero attached hydrogens (tertiary/aromatic N) is 2. The van der Waals surface area contributed by atoms with Crippen molar-refractivity contribution in [3.63, 3.8) is 0 Å². The van der Waals surface area contributed by atoms with Crippen LogP contribution in [0.1, 0.15) is 5.69 Å². The molecule has 1 aromatic heterocycles. The zero-order valence-electron chi connectivity index (χ0n) is 6.97. The van der Waals surface area contributed by atoms with Crippen LogP contribution in [0.25, 0.3) is 0 Å². The number of nitrogen functional groups attached to an aromatic ring is 1. The molecule has 0 saturated carbocycles. The van der Waals surface area contributed by atoms with Crippen LogP contribution in [0.3, 0.4) is 0 Å². The Morgan fingerprint density at radius 1 is 1.47 bits per heavy atom. The average molecular weight is 221 g/mol. The third-order valence-electron chi connectivity index (χ3n) is 1.29. The maximum absolute atomic E-state index is 12.8. The summed E-state index contributed by atoms with van der Waals surface area (Å²) >= 11 is 0. The first-order chi connectivity index (χ1) is 6.83. The molecule has 0 radical (unpaired) electrons. The monoisotopic (exact) mass is 221 g/mol. The zero-order chi connectivity index (χ0) is 11.6. The van der Waals surface area contributed by atoms with E-state index < -0.39 is 29.4 Å². The van der Waals surface area contributed by atoms with E-state index in [4.69, 9.17) is 11.0 Å². The number of anilines is 1. The highest BCUT2D eigenvalue weighted by Crippen LogP contribution is 2.27. The van der Waals surface area contributed by atoms with E-state index in [9.17, 15) is 17.6 Å². The number of nitriles is 1. The molecule has 0 aliphatic rings. The number of alkyl halides is 3. The van der Waals surface area contributed by atoms with Crippen molar-refractivity contribution in [2.75, 3.05) is 5.73 Å². The van der Waals surface area contributed by atoms with Crippen molar-refractivity contribution in [3.8, 4) is 11.9 Å². The normalized spacial score (nSPS) is 10.9. The van der Waals surface area contributed by atoms with Gasteiger partial charge in [0.1, 0.15) is 6.07 Å². The fourth-order valence-corrected chi connectivity index (χ4v) is 0.756. The van der Waals surface area contributed by atoms with Crippen LogP contribution < -0.4 is 10.5 Å². The summed E-state index contributed by atoms with van der Waals surface area (Å²) in [6, 6.07) is 1.79. The second kappa shape index (κ2) is 3.61. The molecule has 15 heavy (non-hydrogen) atoms.